The van der Waals surface area contributed by atoms with Gasteiger partial charge in [0.2, 0.25) is 0 Å². The van der Waals surface area contributed by atoms with Gasteiger partial charge in [0.15, 0.2) is 0 Å². The molecule has 0 saturated carbocycles. The van der Waals surface area contributed by atoms with Gasteiger partial charge < -0.3 is 4.74 Å². The van der Waals surface area contributed by atoms with E-state index in [1.807, 2.05) is 0 Å². The lowest BCUT2D eigenvalue weighted by atomic mass is 10.2. The molecule has 0 atom stereocenters. The van der Waals surface area contributed by atoms with Crippen molar-refractivity contribution in [3.05, 3.63) is 33.8 Å². The Morgan fingerprint density at radius 2 is 2.12 bits per heavy atom. The summed E-state index contributed by atoms with van der Waals surface area (Å²) in [5.74, 6) is 0.194. The first-order chi connectivity index (χ1) is 7.66. The van der Waals surface area contributed by atoms with Gasteiger partial charge in [0, 0.05) is 25.0 Å². The molecule has 0 spiro atoms. The number of hydrogen-bond donors (Lipinski definition) is 0. The first kappa shape index (κ1) is 13.9. The maximum atomic E-state index is 13.5. The van der Waals surface area contributed by atoms with Crippen molar-refractivity contribution in [3.63, 3.8) is 0 Å². The van der Waals surface area contributed by atoms with Crippen molar-refractivity contribution in [1.29, 1.82) is 0 Å². The summed E-state index contributed by atoms with van der Waals surface area (Å²) in [4.78, 5) is 0. The molecule has 0 fully saturated rings. The molecule has 16 heavy (non-hydrogen) atoms. The van der Waals surface area contributed by atoms with Crippen LogP contribution in [0, 0.1) is 11.6 Å². The summed E-state index contributed by atoms with van der Waals surface area (Å²) >= 11 is 4.55. The van der Waals surface area contributed by atoms with E-state index in [1.165, 1.54) is 23.9 Å². The summed E-state index contributed by atoms with van der Waals surface area (Å²) in [6.45, 7) is 0.677. The molecule has 1 aromatic carbocycles. The highest BCUT2D eigenvalue weighted by atomic mass is 79.9. The predicted octanol–water partition coefficient (Wildman–Crippen LogP) is 4.00. The maximum absolute atomic E-state index is 13.5. The zero-order chi connectivity index (χ0) is 12.0. The Hall–Kier alpha value is -0.130. The number of methoxy groups -OCH3 is 1. The van der Waals surface area contributed by atoms with Crippen LogP contribution in [-0.2, 0) is 10.5 Å². The van der Waals surface area contributed by atoms with Crippen molar-refractivity contribution in [1.82, 2.24) is 0 Å². The highest BCUT2D eigenvalue weighted by Gasteiger charge is 2.11. The Morgan fingerprint density at radius 1 is 1.38 bits per heavy atom. The molecule has 0 aliphatic carbocycles. The molecule has 0 heterocycles. The van der Waals surface area contributed by atoms with Crippen molar-refractivity contribution in [3.8, 4) is 0 Å². The predicted molar refractivity (Wildman–Crippen MR) is 66.7 cm³/mol. The van der Waals surface area contributed by atoms with E-state index in [2.05, 4.69) is 15.9 Å². The average molecular weight is 311 g/mol. The minimum absolute atomic E-state index is 0.136. The van der Waals surface area contributed by atoms with E-state index < -0.39 is 11.6 Å². The van der Waals surface area contributed by atoms with Crippen LogP contribution < -0.4 is 0 Å². The third kappa shape index (κ3) is 4.03. The molecule has 0 saturated heterocycles. The fourth-order valence-electron chi connectivity index (χ4n) is 1.18. The second kappa shape index (κ2) is 7.25. The van der Waals surface area contributed by atoms with E-state index in [4.69, 9.17) is 4.74 Å². The van der Waals surface area contributed by atoms with Gasteiger partial charge in [-0.2, -0.15) is 11.8 Å². The Balaban J connectivity index is 2.50. The van der Waals surface area contributed by atoms with Crippen molar-refractivity contribution < 1.29 is 13.5 Å². The number of ether oxygens (including phenoxy) is 1. The van der Waals surface area contributed by atoms with Gasteiger partial charge >= 0.3 is 0 Å². The molecule has 5 heteroatoms. The Labute approximate surface area is 107 Å². The zero-order valence-corrected chi connectivity index (χ0v) is 11.3. The largest absolute Gasteiger partial charge is 0.385 e. The summed E-state index contributed by atoms with van der Waals surface area (Å²) in [5.41, 5.74) is 0.136. The van der Waals surface area contributed by atoms with Gasteiger partial charge in [0.1, 0.15) is 11.6 Å². The fraction of sp³-hybridized carbons (Fsp3) is 0.455. The second-order valence-electron chi connectivity index (χ2n) is 3.22. The number of rotatable bonds is 6. The van der Waals surface area contributed by atoms with E-state index >= 15 is 0 Å². The third-order valence-electron chi connectivity index (χ3n) is 2.02. The minimum Gasteiger partial charge on any atom is -0.385 e. The lowest BCUT2D eigenvalue weighted by Crippen LogP contribution is -1.96. The third-order valence-corrected chi connectivity index (χ3v) is 3.71. The normalized spacial score (nSPS) is 10.8. The van der Waals surface area contributed by atoms with Crippen LogP contribution in [0.3, 0.4) is 0 Å². The summed E-state index contributed by atoms with van der Waals surface area (Å²) in [5, 5.41) is 0. The number of halogens is 3. The van der Waals surface area contributed by atoms with Crippen molar-refractivity contribution in [2.24, 2.45) is 0 Å². The Bertz CT molecular complexity index is 347. The molecule has 1 nitrogen and oxygen atoms in total. The molecule has 0 aliphatic rings. The summed E-state index contributed by atoms with van der Waals surface area (Å²) in [7, 11) is 1.64. The molecule has 0 unspecified atom stereocenters. The Morgan fingerprint density at radius 3 is 2.81 bits per heavy atom. The lowest BCUT2D eigenvalue weighted by Gasteiger charge is -2.06. The maximum Gasteiger partial charge on any atom is 0.144 e. The van der Waals surface area contributed by atoms with E-state index in [1.54, 1.807) is 7.11 Å². The van der Waals surface area contributed by atoms with E-state index in [-0.39, 0.29) is 5.56 Å². The van der Waals surface area contributed by atoms with Crippen LogP contribution in [0.2, 0.25) is 0 Å². The van der Waals surface area contributed by atoms with Crippen LogP contribution in [0.1, 0.15) is 12.0 Å². The quantitative estimate of drug-likeness (QED) is 0.580. The smallest absolute Gasteiger partial charge is 0.144 e. The van der Waals surface area contributed by atoms with Gasteiger partial charge in [0.05, 0.1) is 4.47 Å². The molecule has 0 aromatic heterocycles. The van der Waals surface area contributed by atoms with Gasteiger partial charge in [-0.3, -0.25) is 0 Å². The number of benzene rings is 1. The zero-order valence-electron chi connectivity index (χ0n) is 8.93. The molecule has 0 N–H and O–H groups in total. The molecule has 0 bridgehead atoms. The van der Waals surface area contributed by atoms with Gasteiger partial charge in [0.25, 0.3) is 0 Å². The van der Waals surface area contributed by atoms with Gasteiger partial charge in [-0.1, -0.05) is 0 Å². The summed E-state index contributed by atoms with van der Waals surface area (Å²) < 4.78 is 32.0. The number of hydrogen-bond acceptors (Lipinski definition) is 2. The highest BCUT2D eigenvalue weighted by Crippen LogP contribution is 2.25. The topological polar surface area (TPSA) is 9.23 Å². The van der Waals surface area contributed by atoms with Crippen molar-refractivity contribution >= 4 is 27.7 Å². The van der Waals surface area contributed by atoms with E-state index in [0.717, 1.165) is 12.2 Å². The first-order valence-electron chi connectivity index (χ1n) is 4.86. The fourth-order valence-corrected chi connectivity index (χ4v) is 2.49. The van der Waals surface area contributed by atoms with Gasteiger partial charge in [-0.05, 0) is 40.2 Å². The molecule has 90 valence electrons. The molecular weight excluding hydrogens is 298 g/mol. The molecule has 0 aliphatic heterocycles. The van der Waals surface area contributed by atoms with Gasteiger partial charge in [-0.25, -0.2) is 8.78 Å². The average Bonchev–Trinajstić information content (AvgIpc) is 2.28. The van der Waals surface area contributed by atoms with Crippen LogP contribution in [0.5, 0.6) is 0 Å². The Kier molecular flexibility index (Phi) is 6.31. The lowest BCUT2D eigenvalue weighted by molar-refractivity contribution is 0.200. The van der Waals surface area contributed by atoms with Crippen molar-refractivity contribution in [2.45, 2.75) is 12.2 Å². The SMILES string of the molecule is COCCCSCc1c(F)ccc(Br)c1F. The van der Waals surface area contributed by atoms with Crippen LogP contribution in [0.4, 0.5) is 8.78 Å². The first-order valence-corrected chi connectivity index (χ1v) is 6.80. The molecule has 1 aromatic rings. The molecule has 0 radical (unpaired) electrons. The van der Waals surface area contributed by atoms with E-state index in [9.17, 15) is 8.78 Å². The molecular formula is C11H13BrF2OS. The molecule has 1 rings (SSSR count). The van der Waals surface area contributed by atoms with Crippen molar-refractivity contribution in [2.75, 3.05) is 19.5 Å². The molecule has 0 amide bonds. The minimum atomic E-state index is -0.501. The standard InChI is InChI=1S/C11H13BrF2OS/c1-15-5-2-6-16-7-8-10(13)4-3-9(12)11(8)14/h3-4H,2,5-7H2,1H3. The van der Waals surface area contributed by atoms with Crippen LogP contribution in [0.15, 0.2) is 16.6 Å². The summed E-state index contributed by atoms with van der Waals surface area (Å²) in [6, 6.07) is 2.65. The van der Waals surface area contributed by atoms with Crippen LogP contribution in [-0.4, -0.2) is 19.5 Å². The van der Waals surface area contributed by atoms with E-state index in [0.29, 0.717) is 16.8 Å². The highest BCUT2D eigenvalue weighted by molar-refractivity contribution is 9.10. The summed E-state index contributed by atoms with van der Waals surface area (Å²) in [6.07, 6.45) is 0.887. The monoisotopic (exact) mass is 310 g/mol. The second-order valence-corrected chi connectivity index (χ2v) is 5.18. The van der Waals surface area contributed by atoms with Crippen LogP contribution in [0.25, 0.3) is 0 Å². The number of thioether (sulfide) groups is 1. The van der Waals surface area contributed by atoms with Gasteiger partial charge in [-0.15, -0.1) is 0 Å². The van der Waals surface area contributed by atoms with Crippen LogP contribution >= 0.6 is 27.7 Å².